The maximum absolute atomic E-state index is 10.2. The van der Waals surface area contributed by atoms with E-state index < -0.39 is 0 Å². The van der Waals surface area contributed by atoms with Crippen LogP contribution in [0.5, 0.6) is 0 Å². The molecule has 0 saturated carbocycles. The number of benzene rings is 3. The fourth-order valence-electron chi connectivity index (χ4n) is 4.71. The van der Waals surface area contributed by atoms with Crippen molar-refractivity contribution in [2.24, 2.45) is 20.0 Å². The number of rotatable bonds is 3. The Bertz CT molecular complexity index is 2650. The van der Waals surface area contributed by atoms with E-state index >= 15 is 0 Å². The molecule has 3 heterocycles. The van der Waals surface area contributed by atoms with Crippen molar-refractivity contribution in [1.82, 2.24) is 15.0 Å². The predicted molar refractivity (Wildman–Crippen MR) is 161 cm³/mol. The monoisotopic (exact) mass is 613 g/mol. The van der Waals surface area contributed by atoms with Crippen LogP contribution < -0.4 is 21.4 Å². The maximum atomic E-state index is 10.2. The number of allylic oxidation sites excluding steroid dienone is 2. The van der Waals surface area contributed by atoms with Crippen LogP contribution in [0.2, 0.25) is 0 Å². The summed E-state index contributed by atoms with van der Waals surface area (Å²) in [6.45, 7) is 29.9. The minimum atomic E-state index is -0.355. The zero-order valence-electron chi connectivity index (χ0n) is 23.7. The van der Waals surface area contributed by atoms with Crippen molar-refractivity contribution in [3.63, 3.8) is 0 Å². The highest BCUT2D eigenvalue weighted by molar-refractivity contribution is 5.78. The lowest BCUT2D eigenvalue weighted by Crippen LogP contribution is -2.26. The van der Waals surface area contributed by atoms with Gasteiger partial charge in [-0.05, 0) is 36.4 Å². The maximum Gasteiger partial charge on any atom is 0.305 e. The van der Waals surface area contributed by atoms with Crippen molar-refractivity contribution in [2.75, 3.05) is 0 Å². The van der Waals surface area contributed by atoms with Crippen LogP contribution in [-0.4, -0.2) is 15.0 Å². The summed E-state index contributed by atoms with van der Waals surface area (Å²) in [4.78, 5) is 44.1. The van der Waals surface area contributed by atoms with Crippen LogP contribution in [0.25, 0.3) is 53.5 Å². The Hall–Kier alpha value is -8.73. The Labute approximate surface area is 269 Å². The largest absolute Gasteiger partial charge is 0.305 e. The van der Waals surface area contributed by atoms with Crippen LogP contribution in [0.3, 0.4) is 0 Å². The molecule has 0 atom stereocenters. The first-order chi connectivity index (χ1) is 23.4. The second kappa shape index (κ2) is 11.7. The van der Waals surface area contributed by atoms with Gasteiger partial charge < -0.3 is 0 Å². The highest BCUT2D eigenvalue weighted by Gasteiger charge is 2.22. The van der Waals surface area contributed by atoms with Crippen LogP contribution in [0, 0.1) is 71.6 Å². The first-order valence-corrected chi connectivity index (χ1v) is 13.1. The molecule has 0 fully saturated rings. The number of fused-ring (bicyclic) bond motifs is 2. The van der Waals surface area contributed by atoms with Gasteiger partial charge in [0.2, 0.25) is 5.69 Å². The first-order valence-electron chi connectivity index (χ1n) is 13.1. The number of nitrogens with zero attached hydrogens (tertiary/aromatic N) is 15. The highest BCUT2D eigenvalue weighted by Crippen LogP contribution is 2.31. The van der Waals surface area contributed by atoms with Gasteiger partial charge in [-0.25, -0.2) is 64.8 Å². The Morgan fingerprint density at radius 3 is 1.75 bits per heavy atom. The topological polar surface area (TPSA) is 201 Å². The molecule has 6 rings (SSSR count). The third kappa shape index (κ3) is 4.78. The average Bonchev–Trinajstić information content (AvgIpc) is 3.76. The number of hydrogen-bond donors (Lipinski definition) is 0. The highest BCUT2D eigenvalue weighted by atomic mass is 15.1. The quantitative estimate of drug-likeness (QED) is 0.249. The normalized spacial score (nSPS) is 13.6. The molecule has 0 radical (unpaired) electrons. The van der Waals surface area contributed by atoms with Crippen LogP contribution in [0.4, 0.5) is 11.4 Å². The smallest absolute Gasteiger partial charge is 0.250 e. The standard InChI is InChI=1S/C33H7N15/c1-38-18-10-16(12-34)9-17(11-18)29-46-30(19-5-7-22-26(21(19)13-35)44-32(42-22)24(14-36)39-2)48-31(47-29)20-6-8-23-28(27(20)41-4)45-33(43-23)25(15-37)40-3/h5-11H/b32-24+,33-25-. The van der Waals surface area contributed by atoms with Gasteiger partial charge in [0.25, 0.3) is 0 Å². The molecule has 0 amide bonds. The Balaban J connectivity index is 1.68. The summed E-state index contributed by atoms with van der Waals surface area (Å²) >= 11 is 0. The zero-order chi connectivity index (χ0) is 33.9. The van der Waals surface area contributed by atoms with Crippen LogP contribution in [0.1, 0.15) is 11.1 Å². The summed E-state index contributed by atoms with van der Waals surface area (Å²) in [7, 11) is 0. The number of hydrogen-bond acceptors (Lipinski definition) is 11. The van der Waals surface area contributed by atoms with Crippen LogP contribution in [-0.2, 0) is 0 Å². The van der Waals surface area contributed by atoms with Gasteiger partial charge in [0.05, 0.1) is 66.1 Å². The predicted octanol–water partition coefficient (Wildman–Crippen LogP) is 3.45. The van der Waals surface area contributed by atoms with Gasteiger partial charge in [0.15, 0.2) is 34.8 Å². The van der Waals surface area contributed by atoms with E-state index in [9.17, 15) is 21.0 Å². The van der Waals surface area contributed by atoms with Crippen molar-refractivity contribution in [2.45, 2.75) is 0 Å². The van der Waals surface area contributed by atoms with Gasteiger partial charge in [-0.3, -0.25) is 0 Å². The van der Waals surface area contributed by atoms with E-state index in [2.05, 4.69) is 60.4 Å². The molecule has 0 saturated heterocycles. The van der Waals surface area contributed by atoms with E-state index in [4.69, 9.17) is 26.3 Å². The van der Waals surface area contributed by atoms with Crippen molar-refractivity contribution >= 4 is 11.4 Å². The number of aromatic nitrogens is 3. The summed E-state index contributed by atoms with van der Waals surface area (Å²) in [5.74, 6) is -0.369. The first kappa shape index (κ1) is 29.3. The Kier molecular flexibility index (Phi) is 7.18. The molecule has 2 aliphatic heterocycles. The van der Waals surface area contributed by atoms with Crippen molar-refractivity contribution in [1.29, 1.82) is 21.0 Å². The van der Waals surface area contributed by atoms with E-state index in [-0.39, 0.29) is 101 Å². The van der Waals surface area contributed by atoms with Crippen molar-refractivity contribution < 1.29 is 0 Å². The molecular formula is C33H7N15. The molecule has 4 aromatic rings. The van der Waals surface area contributed by atoms with E-state index in [1.54, 1.807) is 12.1 Å². The van der Waals surface area contributed by atoms with E-state index in [1.165, 1.54) is 42.5 Å². The molecule has 0 aliphatic carbocycles. The van der Waals surface area contributed by atoms with E-state index in [0.717, 1.165) is 0 Å². The Morgan fingerprint density at radius 1 is 0.604 bits per heavy atom. The molecule has 15 nitrogen and oxygen atoms in total. The minimum Gasteiger partial charge on any atom is -0.250 e. The van der Waals surface area contributed by atoms with Crippen molar-refractivity contribution in [3.8, 4) is 58.4 Å². The zero-order valence-corrected chi connectivity index (χ0v) is 23.7. The minimum absolute atomic E-state index is 0.00165. The SMILES string of the molecule is [C-]#[N+]/C(C#N)=C1/N=c2ccc(-c3nc(-c4cc(C#N)cc([N+]#[C-])c4)nc(-c4ccc5c(c4C#N)=N/C(=C(\C#N)[N+]#[C-])N=5)n3)c([N+]#[C-])c2=N1. The van der Waals surface area contributed by atoms with E-state index in [0.29, 0.717) is 0 Å². The number of nitriles is 4. The Morgan fingerprint density at radius 2 is 1.19 bits per heavy atom. The van der Waals surface area contributed by atoms with Gasteiger partial charge in [0, 0.05) is 22.3 Å². The lowest BCUT2D eigenvalue weighted by Gasteiger charge is -2.10. The summed E-state index contributed by atoms with van der Waals surface area (Å²) < 4.78 is 0. The molecule has 0 N–H and O–H groups in total. The summed E-state index contributed by atoms with van der Waals surface area (Å²) in [5.41, 5.74) is 0.173. The molecule has 1 aromatic heterocycles. The molecule has 0 unspecified atom stereocenters. The summed E-state index contributed by atoms with van der Waals surface area (Å²) in [6.07, 6.45) is 0. The third-order valence-electron chi connectivity index (χ3n) is 6.81. The lowest BCUT2D eigenvalue weighted by atomic mass is 10.1. The van der Waals surface area contributed by atoms with Gasteiger partial charge in [-0.2, -0.15) is 10.5 Å². The molecule has 0 spiro atoms. The fraction of sp³-hybridized carbons (Fsp3) is 0. The lowest BCUT2D eigenvalue weighted by molar-refractivity contribution is 1.07. The van der Waals surface area contributed by atoms with Crippen LogP contribution >= 0.6 is 0 Å². The molecule has 48 heavy (non-hydrogen) atoms. The van der Waals surface area contributed by atoms with E-state index in [1.807, 2.05) is 6.07 Å². The molecule has 3 aromatic carbocycles. The van der Waals surface area contributed by atoms with Gasteiger partial charge in [0.1, 0.15) is 11.4 Å². The second-order valence-electron chi connectivity index (χ2n) is 9.45. The molecular weight excluding hydrogens is 606 g/mol. The molecule has 214 valence electrons. The third-order valence-corrected chi connectivity index (χ3v) is 6.81. The second-order valence-corrected chi connectivity index (χ2v) is 9.45. The molecule has 2 aliphatic rings. The summed E-state index contributed by atoms with van der Waals surface area (Å²) in [5, 5.41) is 39.2. The van der Waals surface area contributed by atoms with Gasteiger partial charge in [-0.15, -0.1) is 0 Å². The van der Waals surface area contributed by atoms with Crippen LogP contribution in [0.15, 0.2) is 85.5 Å². The van der Waals surface area contributed by atoms with Gasteiger partial charge >= 0.3 is 11.4 Å². The fourth-order valence-corrected chi connectivity index (χ4v) is 4.71. The molecule has 15 heteroatoms. The van der Waals surface area contributed by atoms with Crippen molar-refractivity contribution in [3.05, 3.63) is 144 Å². The average molecular weight is 614 g/mol. The van der Waals surface area contributed by atoms with Gasteiger partial charge in [-0.1, -0.05) is 6.07 Å². The molecule has 0 bridgehead atoms. The summed E-state index contributed by atoms with van der Waals surface area (Å²) in [6, 6.07) is 18.0.